The molecule has 1 aromatic carbocycles. The Morgan fingerprint density at radius 3 is 3.11 bits per heavy atom. The van der Waals surface area contributed by atoms with Gasteiger partial charge in [0, 0.05) is 6.54 Å². The first-order valence-electron chi connectivity index (χ1n) is 6.35. The lowest BCUT2D eigenvalue weighted by atomic mass is 10.2. The second-order valence-corrected chi connectivity index (χ2v) is 4.69. The number of likely N-dealkylation sites (tertiary alicyclic amines) is 1. The van der Waals surface area contributed by atoms with E-state index < -0.39 is 0 Å². The first-order valence-corrected chi connectivity index (χ1v) is 6.35. The minimum absolute atomic E-state index is 0.0202. The number of halogens is 1. The summed E-state index contributed by atoms with van der Waals surface area (Å²) in [6.07, 6.45) is 1.93. The van der Waals surface area contributed by atoms with Gasteiger partial charge in [0.1, 0.15) is 11.3 Å². The van der Waals surface area contributed by atoms with Crippen molar-refractivity contribution in [2.75, 3.05) is 13.1 Å². The second kappa shape index (κ2) is 4.24. The third kappa shape index (κ3) is 1.58. The van der Waals surface area contributed by atoms with E-state index in [1.807, 2.05) is 0 Å². The van der Waals surface area contributed by atoms with Crippen LogP contribution in [0.2, 0.25) is 0 Å². The summed E-state index contributed by atoms with van der Waals surface area (Å²) >= 11 is 0. The Morgan fingerprint density at radius 1 is 1.50 bits per heavy atom. The molecule has 1 aliphatic rings. The normalized spacial score (nSPS) is 20.9. The van der Waals surface area contributed by atoms with Crippen LogP contribution in [0, 0.1) is 5.82 Å². The highest BCUT2D eigenvalue weighted by atomic mass is 19.1. The van der Waals surface area contributed by atoms with Gasteiger partial charge in [-0.3, -0.25) is 9.47 Å². The van der Waals surface area contributed by atoms with E-state index in [0.29, 0.717) is 11.0 Å². The zero-order chi connectivity index (χ0) is 12.7. The van der Waals surface area contributed by atoms with Crippen molar-refractivity contribution in [1.29, 1.82) is 0 Å². The van der Waals surface area contributed by atoms with E-state index in [1.54, 1.807) is 16.7 Å². The van der Waals surface area contributed by atoms with E-state index in [2.05, 4.69) is 16.8 Å². The van der Waals surface area contributed by atoms with Crippen LogP contribution in [0.15, 0.2) is 23.0 Å². The quantitative estimate of drug-likeness (QED) is 0.885. The number of imidazole rings is 1. The molecule has 96 valence electrons. The molecule has 18 heavy (non-hydrogen) atoms. The first kappa shape index (κ1) is 11.5. The number of nitrogens with zero attached hydrogens (tertiary/aromatic N) is 2. The van der Waals surface area contributed by atoms with Gasteiger partial charge < -0.3 is 4.98 Å². The number of benzene rings is 1. The fourth-order valence-corrected chi connectivity index (χ4v) is 2.89. The number of hydrogen-bond acceptors (Lipinski definition) is 2. The minimum atomic E-state index is -0.339. The van der Waals surface area contributed by atoms with Gasteiger partial charge >= 0.3 is 5.69 Å². The number of para-hydroxylation sites is 1. The SMILES string of the molecule is CCN1CCCC1n1c(=O)[nH]c2cccc(F)c21. The van der Waals surface area contributed by atoms with Crippen molar-refractivity contribution in [3.8, 4) is 0 Å². The first-order chi connectivity index (χ1) is 8.72. The number of rotatable bonds is 2. The molecule has 1 saturated heterocycles. The maximum atomic E-state index is 13.9. The smallest absolute Gasteiger partial charge is 0.305 e. The molecule has 1 unspecified atom stereocenters. The van der Waals surface area contributed by atoms with Crippen molar-refractivity contribution in [1.82, 2.24) is 14.5 Å². The monoisotopic (exact) mass is 249 g/mol. The number of H-pyrrole nitrogens is 1. The maximum absolute atomic E-state index is 13.9. The summed E-state index contributed by atoms with van der Waals surface area (Å²) in [4.78, 5) is 17.0. The van der Waals surface area contributed by atoms with Gasteiger partial charge in [0.05, 0.1) is 11.7 Å². The van der Waals surface area contributed by atoms with Crippen LogP contribution >= 0.6 is 0 Å². The molecule has 2 heterocycles. The molecule has 1 aromatic heterocycles. The zero-order valence-electron chi connectivity index (χ0n) is 10.3. The minimum Gasteiger partial charge on any atom is -0.305 e. The van der Waals surface area contributed by atoms with Gasteiger partial charge in [-0.05, 0) is 31.5 Å². The Morgan fingerprint density at radius 2 is 2.33 bits per heavy atom. The van der Waals surface area contributed by atoms with E-state index >= 15 is 0 Å². The van der Waals surface area contributed by atoms with Crippen LogP contribution < -0.4 is 5.69 Å². The largest absolute Gasteiger partial charge is 0.327 e. The van der Waals surface area contributed by atoms with Gasteiger partial charge in [-0.15, -0.1) is 0 Å². The average molecular weight is 249 g/mol. The molecule has 2 aromatic rings. The number of nitrogens with one attached hydrogen (secondary N) is 1. The third-order valence-corrected chi connectivity index (χ3v) is 3.72. The Bertz CT molecular complexity index is 631. The molecule has 0 spiro atoms. The lowest BCUT2D eigenvalue weighted by Crippen LogP contribution is -2.32. The Hall–Kier alpha value is -1.62. The Balaban J connectivity index is 2.22. The molecule has 5 heteroatoms. The molecule has 1 atom stereocenters. The lowest BCUT2D eigenvalue weighted by Gasteiger charge is -2.23. The summed E-state index contributed by atoms with van der Waals surface area (Å²) in [7, 11) is 0. The van der Waals surface area contributed by atoms with Crippen LogP contribution in [-0.2, 0) is 0 Å². The highest BCUT2D eigenvalue weighted by molar-refractivity contribution is 5.75. The van der Waals surface area contributed by atoms with Gasteiger partial charge in [-0.2, -0.15) is 0 Å². The van der Waals surface area contributed by atoms with Crippen molar-refractivity contribution in [2.45, 2.75) is 25.9 Å². The number of aromatic nitrogens is 2. The molecule has 1 fully saturated rings. The molecular weight excluding hydrogens is 233 g/mol. The van der Waals surface area contributed by atoms with E-state index in [-0.39, 0.29) is 17.7 Å². The van der Waals surface area contributed by atoms with Crippen LogP contribution in [0.3, 0.4) is 0 Å². The average Bonchev–Trinajstić information content (AvgIpc) is 2.92. The van der Waals surface area contributed by atoms with E-state index in [4.69, 9.17) is 0 Å². The highest BCUT2D eigenvalue weighted by Gasteiger charge is 2.28. The third-order valence-electron chi connectivity index (χ3n) is 3.72. The van der Waals surface area contributed by atoms with E-state index in [9.17, 15) is 9.18 Å². The second-order valence-electron chi connectivity index (χ2n) is 4.69. The maximum Gasteiger partial charge on any atom is 0.327 e. The van der Waals surface area contributed by atoms with Crippen molar-refractivity contribution < 1.29 is 4.39 Å². The number of hydrogen-bond donors (Lipinski definition) is 1. The number of fused-ring (bicyclic) bond motifs is 1. The standard InChI is InChI=1S/C13H16FN3O/c1-2-16-8-4-7-11(16)17-12-9(14)5-3-6-10(12)15-13(17)18/h3,5-6,11H,2,4,7-8H2,1H3,(H,15,18). The molecule has 0 radical (unpaired) electrons. The molecule has 4 nitrogen and oxygen atoms in total. The predicted octanol–water partition coefficient (Wildman–Crippen LogP) is 2.08. The van der Waals surface area contributed by atoms with E-state index in [1.165, 1.54) is 6.07 Å². The molecule has 1 N–H and O–H groups in total. The van der Waals surface area contributed by atoms with E-state index in [0.717, 1.165) is 25.9 Å². The Kier molecular flexibility index (Phi) is 2.70. The van der Waals surface area contributed by atoms with Crippen molar-refractivity contribution in [3.63, 3.8) is 0 Å². The molecule has 0 bridgehead atoms. The van der Waals surface area contributed by atoms with Gasteiger partial charge in [0.15, 0.2) is 0 Å². The van der Waals surface area contributed by atoms with Gasteiger partial charge in [0.2, 0.25) is 0 Å². The van der Waals surface area contributed by atoms with Crippen molar-refractivity contribution in [2.24, 2.45) is 0 Å². The molecule has 1 aliphatic heterocycles. The summed E-state index contributed by atoms with van der Waals surface area (Å²) in [6, 6.07) is 4.75. The van der Waals surface area contributed by atoms with Crippen LogP contribution in [-0.4, -0.2) is 27.5 Å². The van der Waals surface area contributed by atoms with Gasteiger partial charge in [-0.1, -0.05) is 13.0 Å². The van der Waals surface area contributed by atoms with Crippen LogP contribution in [0.25, 0.3) is 11.0 Å². The molecule has 3 rings (SSSR count). The summed E-state index contributed by atoms with van der Waals surface area (Å²) in [5, 5.41) is 0. The fraction of sp³-hybridized carbons (Fsp3) is 0.462. The van der Waals surface area contributed by atoms with Gasteiger partial charge in [0.25, 0.3) is 0 Å². The Labute approximate surface area is 104 Å². The van der Waals surface area contributed by atoms with Crippen LogP contribution in [0.5, 0.6) is 0 Å². The predicted molar refractivity (Wildman–Crippen MR) is 68.0 cm³/mol. The molecule has 0 aliphatic carbocycles. The summed E-state index contributed by atoms with van der Waals surface area (Å²) < 4.78 is 15.5. The van der Waals surface area contributed by atoms with Gasteiger partial charge in [-0.25, -0.2) is 9.18 Å². The highest BCUT2D eigenvalue weighted by Crippen LogP contribution is 2.28. The summed E-state index contributed by atoms with van der Waals surface area (Å²) in [5.74, 6) is -0.339. The fourth-order valence-electron chi connectivity index (χ4n) is 2.89. The molecule has 0 amide bonds. The zero-order valence-corrected chi connectivity index (χ0v) is 10.3. The topological polar surface area (TPSA) is 41.0 Å². The van der Waals surface area contributed by atoms with Crippen molar-refractivity contribution >= 4 is 11.0 Å². The molecular formula is C13H16FN3O. The summed E-state index contributed by atoms with van der Waals surface area (Å²) in [5.41, 5.74) is 0.747. The van der Waals surface area contributed by atoms with Crippen molar-refractivity contribution in [3.05, 3.63) is 34.5 Å². The summed E-state index contributed by atoms with van der Waals surface area (Å²) in [6.45, 7) is 3.90. The van der Waals surface area contributed by atoms with Crippen LogP contribution in [0.1, 0.15) is 25.9 Å². The van der Waals surface area contributed by atoms with Crippen LogP contribution in [0.4, 0.5) is 4.39 Å². The molecule has 0 saturated carbocycles. The lowest BCUT2D eigenvalue weighted by molar-refractivity contribution is 0.203. The number of aromatic amines is 1.